The topological polar surface area (TPSA) is 76.8 Å². The van der Waals surface area contributed by atoms with Gasteiger partial charge in [0, 0.05) is 9.77 Å². The van der Waals surface area contributed by atoms with Crippen LogP contribution in [0.3, 0.4) is 0 Å². The van der Waals surface area contributed by atoms with E-state index in [4.69, 9.17) is 5.73 Å². The molecule has 1 aromatic carbocycles. The van der Waals surface area contributed by atoms with E-state index >= 15 is 0 Å². The molecule has 0 amide bonds. The van der Waals surface area contributed by atoms with Crippen molar-refractivity contribution in [3.63, 3.8) is 0 Å². The van der Waals surface area contributed by atoms with Gasteiger partial charge in [-0.1, -0.05) is 30.0 Å². The predicted octanol–water partition coefficient (Wildman–Crippen LogP) is 3.89. The molecule has 0 aliphatic carbocycles. The van der Waals surface area contributed by atoms with Gasteiger partial charge in [0.25, 0.3) is 0 Å². The molecule has 0 radical (unpaired) electrons. The van der Waals surface area contributed by atoms with Crippen molar-refractivity contribution in [1.82, 2.24) is 0 Å². The van der Waals surface area contributed by atoms with Crippen molar-refractivity contribution in [3.05, 3.63) is 68.7 Å². The van der Waals surface area contributed by atoms with Crippen LogP contribution in [0.4, 0.5) is 5.69 Å². The fraction of sp³-hybridized carbons (Fsp3) is 0.0588. The Morgan fingerprint density at radius 2 is 1.83 bits per heavy atom. The molecule has 0 saturated carbocycles. The minimum Gasteiger partial charge on any atom is -0.384 e. The second-order valence-corrected chi connectivity index (χ2v) is 7.10. The molecule has 2 N–H and O–H groups in total. The van der Waals surface area contributed by atoms with E-state index in [2.05, 4.69) is 12.1 Å². The lowest BCUT2D eigenvalue weighted by molar-refractivity contribution is 0.898. The molecule has 6 heteroatoms. The second kappa shape index (κ2) is 5.20. The number of hydrogen-bond donors (Lipinski definition) is 1. The van der Waals surface area contributed by atoms with Crippen LogP contribution in [-0.2, 0) is 0 Å². The number of benzene rings is 1. The quantitative estimate of drug-likeness (QED) is 0.856. The molecule has 0 spiro atoms. The Kier molecular flexibility index (Phi) is 3.16. The van der Waals surface area contributed by atoms with Gasteiger partial charge in [-0.3, -0.25) is 4.90 Å². The summed E-state index contributed by atoms with van der Waals surface area (Å²) in [6.07, 6.45) is 0. The first-order chi connectivity index (χ1) is 11.3. The van der Waals surface area contributed by atoms with Gasteiger partial charge in [-0.2, -0.15) is 10.5 Å². The first kappa shape index (κ1) is 14.0. The average molecular weight is 334 g/mol. The summed E-state index contributed by atoms with van der Waals surface area (Å²) in [7, 11) is 0. The van der Waals surface area contributed by atoms with Crippen molar-refractivity contribution in [3.8, 4) is 12.1 Å². The van der Waals surface area contributed by atoms with Crippen LogP contribution in [0, 0.1) is 22.7 Å². The second-order valence-electron chi connectivity index (χ2n) is 5.09. The van der Waals surface area contributed by atoms with Crippen LogP contribution >= 0.6 is 23.1 Å². The molecule has 2 aromatic rings. The highest BCUT2D eigenvalue weighted by Crippen LogP contribution is 2.54. The van der Waals surface area contributed by atoms with Crippen molar-refractivity contribution in [2.75, 3.05) is 4.90 Å². The number of anilines is 1. The SMILES string of the molecule is N#CC1=C(N)N2C(=C(C#N)[C@@H]1c1cccs1)Sc1ccccc12. The third-order valence-corrected chi connectivity index (χ3v) is 6.01. The van der Waals surface area contributed by atoms with Crippen LogP contribution in [0.15, 0.2) is 68.7 Å². The molecular weight excluding hydrogens is 324 g/mol. The number of thioether (sulfide) groups is 1. The van der Waals surface area contributed by atoms with E-state index in [1.807, 2.05) is 46.7 Å². The molecule has 4 nitrogen and oxygen atoms in total. The van der Waals surface area contributed by atoms with Crippen molar-refractivity contribution in [2.45, 2.75) is 10.8 Å². The van der Waals surface area contributed by atoms with Gasteiger partial charge in [-0.05, 0) is 23.6 Å². The lowest BCUT2D eigenvalue weighted by atomic mass is 9.88. The van der Waals surface area contributed by atoms with Gasteiger partial charge in [0.1, 0.15) is 10.9 Å². The summed E-state index contributed by atoms with van der Waals surface area (Å²) in [6, 6.07) is 16.3. The van der Waals surface area contributed by atoms with E-state index < -0.39 is 0 Å². The van der Waals surface area contributed by atoms with Gasteiger partial charge in [0.05, 0.1) is 34.9 Å². The van der Waals surface area contributed by atoms with Crippen LogP contribution < -0.4 is 10.6 Å². The first-order valence-electron chi connectivity index (χ1n) is 6.90. The molecule has 0 fully saturated rings. The number of allylic oxidation sites excluding steroid dienone is 2. The van der Waals surface area contributed by atoms with E-state index in [1.165, 1.54) is 23.1 Å². The first-order valence-corrected chi connectivity index (χ1v) is 8.60. The fourth-order valence-electron chi connectivity index (χ4n) is 2.91. The number of thiophene rings is 1. The monoisotopic (exact) mass is 334 g/mol. The maximum atomic E-state index is 9.77. The Balaban J connectivity index is 1.99. The summed E-state index contributed by atoms with van der Waals surface area (Å²) in [5.41, 5.74) is 8.28. The van der Waals surface area contributed by atoms with Gasteiger partial charge in [0.2, 0.25) is 0 Å². The molecule has 4 rings (SSSR count). The lowest BCUT2D eigenvalue weighted by Gasteiger charge is -2.30. The molecular formula is C17H10N4S2. The van der Waals surface area contributed by atoms with Crippen LogP contribution in [-0.4, -0.2) is 0 Å². The summed E-state index contributed by atoms with van der Waals surface area (Å²) in [6.45, 7) is 0. The van der Waals surface area contributed by atoms with E-state index in [0.29, 0.717) is 17.0 Å². The maximum Gasteiger partial charge on any atom is 0.123 e. The Morgan fingerprint density at radius 3 is 2.52 bits per heavy atom. The Hall–Kier alpha value is -2.67. The molecule has 0 bridgehead atoms. The molecule has 1 aromatic heterocycles. The van der Waals surface area contributed by atoms with Gasteiger partial charge < -0.3 is 5.73 Å². The number of hydrogen-bond acceptors (Lipinski definition) is 6. The third kappa shape index (κ3) is 1.90. The number of nitrogens with zero attached hydrogens (tertiary/aromatic N) is 3. The van der Waals surface area contributed by atoms with E-state index in [1.54, 1.807) is 0 Å². The highest BCUT2D eigenvalue weighted by Gasteiger charge is 2.40. The van der Waals surface area contributed by atoms with E-state index in [0.717, 1.165) is 20.5 Å². The predicted molar refractivity (Wildman–Crippen MR) is 91.3 cm³/mol. The molecule has 1 atom stereocenters. The molecule has 0 saturated heterocycles. The maximum absolute atomic E-state index is 9.77. The summed E-state index contributed by atoms with van der Waals surface area (Å²) < 4.78 is 0. The zero-order valence-electron chi connectivity index (χ0n) is 11.9. The third-order valence-electron chi connectivity index (χ3n) is 3.91. The summed E-state index contributed by atoms with van der Waals surface area (Å²) in [5, 5.41) is 22.2. The number of fused-ring (bicyclic) bond motifs is 3. The van der Waals surface area contributed by atoms with Crippen molar-refractivity contribution >= 4 is 28.8 Å². The summed E-state index contributed by atoms with van der Waals surface area (Å²) >= 11 is 3.07. The normalized spacial score (nSPS) is 19.2. The Bertz CT molecular complexity index is 942. The summed E-state index contributed by atoms with van der Waals surface area (Å²) in [5.74, 6) is 0.0374. The number of rotatable bonds is 1. The fourth-order valence-corrected chi connectivity index (χ4v) is 4.94. The number of para-hydroxylation sites is 1. The van der Waals surface area contributed by atoms with Crippen LogP contribution in [0.2, 0.25) is 0 Å². The van der Waals surface area contributed by atoms with Crippen molar-refractivity contribution in [2.24, 2.45) is 5.73 Å². The van der Waals surface area contributed by atoms with Gasteiger partial charge in [0.15, 0.2) is 0 Å². The minimum atomic E-state index is -0.377. The molecule has 2 aliphatic rings. The van der Waals surface area contributed by atoms with Crippen LogP contribution in [0.1, 0.15) is 10.8 Å². The Labute approximate surface area is 141 Å². The standard InChI is InChI=1S/C17H10N4S2/c18-8-10-15(14-6-3-7-22-14)11(9-19)17-21(16(10)20)12-4-1-2-5-13(12)23-17/h1-7,15H,20H2/t15-/m1/s1. The minimum absolute atomic E-state index is 0.377. The molecule has 23 heavy (non-hydrogen) atoms. The zero-order chi connectivity index (χ0) is 16.0. The average Bonchev–Trinajstić information content (AvgIpc) is 3.22. The van der Waals surface area contributed by atoms with Crippen LogP contribution in [0.5, 0.6) is 0 Å². The van der Waals surface area contributed by atoms with E-state index in [-0.39, 0.29) is 5.92 Å². The van der Waals surface area contributed by atoms with Gasteiger partial charge in [-0.15, -0.1) is 11.3 Å². The van der Waals surface area contributed by atoms with Crippen LogP contribution in [0.25, 0.3) is 0 Å². The lowest BCUT2D eigenvalue weighted by Crippen LogP contribution is -2.32. The van der Waals surface area contributed by atoms with E-state index in [9.17, 15) is 10.5 Å². The highest BCUT2D eigenvalue weighted by molar-refractivity contribution is 8.03. The van der Waals surface area contributed by atoms with Crippen molar-refractivity contribution in [1.29, 1.82) is 10.5 Å². The molecule has 2 aliphatic heterocycles. The van der Waals surface area contributed by atoms with Gasteiger partial charge >= 0.3 is 0 Å². The largest absolute Gasteiger partial charge is 0.384 e. The Morgan fingerprint density at radius 1 is 1.04 bits per heavy atom. The zero-order valence-corrected chi connectivity index (χ0v) is 13.5. The van der Waals surface area contributed by atoms with Gasteiger partial charge in [-0.25, -0.2) is 0 Å². The smallest absolute Gasteiger partial charge is 0.123 e. The van der Waals surface area contributed by atoms with Crippen molar-refractivity contribution < 1.29 is 0 Å². The summed E-state index contributed by atoms with van der Waals surface area (Å²) in [4.78, 5) is 3.84. The molecule has 0 unspecified atom stereocenters. The molecule has 3 heterocycles. The number of nitrogens with two attached hydrogens (primary N) is 1. The molecule has 110 valence electrons. The number of nitriles is 2. The highest BCUT2D eigenvalue weighted by atomic mass is 32.2.